The first kappa shape index (κ1) is 36.4. The van der Waals surface area contributed by atoms with Crippen LogP contribution >= 0.6 is 0 Å². The van der Waals surface area contributed by atoms with Gasteiger partial charge in [-0.2, -0.15) is 0 Å². The number of nitrogens with zero attached hydrogens (tertiary/aromatic N) is 2. The number of benzene rings is 9. The maximum Gasteiger partial charge on any atom is 0.213 e. The highest BCUT2D eigenvalue weighted by Crippen LogP contribution is 2.41. The summed E-state index contributed by atoms with van der Waals surface area (Å²) in [5.74, 6) is -0.270. The minimum atomic E-state index is -2.71. The van der Waals surface area contributed by atoms with Crippen LogP contribution in [-0.2, 0) is 0 Å². The largest absolute Gasteiger partial charge is 0.438 e. The van der Waals surface area contributed by atoms with Crippen LogP contribution in [0.5, 0.6) is 0 Å². The molecule has 0 amide bonds. The molecule has 0 aliphatic heterocycles. The normalized spacial score (nSPS) is 11.7. The van der Waals surface area contributed by atoms with E-state index < -0.39 is 8.07 Å². The van der Waals surface area contributed by atoms with Gasteiger partial charge in [-0.15, -0.1) is 0 Å². The molecule has 0 fully saturated rings. The first-order valence-corrected chi connectivity index (χ1v) is 22.6. The second kappa shape index (κ2) is 15.1. The van der Waals surface area contributed by atoms with E-state index in [1.807, 2.05) is 18.2 Å². The Morgan fingerprint density at radius 1 is 0.393 bits per heavy atom. The molecule has 0 aliphatic carbocycles. The summed E-state index contributed by atoms with van der Waals surface area (Å²) in [6.45, 7) is 0. The number of oxazole rings is 1. The molecule has 0 aliphatic rings. The van der Waals surface area contributed by atoms with Gasteiger partial charge in [0.05, 0.1) is 16.6 Å². The third-order valence-electron chi connectivity index (χ3n) is 12.0. The van der Waals surface area contributed by atoms with Gasteiger partial charge in [-0.05, 0) is 104 Å². The van der Waals surface area contributed by atoms with E-state index in [1.165, 1.54) is 38.3 Å². The van der Waals surface area contributed by atoms with Crippen LogP contribution in [0.3, 0.4) is 0 Å². The minimum absolute atomic E-state index is 0.270. The number of hydrogen-bond acceptors (Lipinski definition) is 2. The average Bonchev–Trinajstić information content (AvgIpc) is 3.86. The number of aromatic nitrogens is 1. The van der Waals surface area contributed by atoms with Gasteiger partial charge < -0.3 is 9.32 Å². The summed E-state index contributed by atoms with van der Waals surface area (Å²) in [7, 11) is -2.71. The van der Waals surface area contributed by atoms with E-state index in [0.717, 1.165) is 61.6 Å². The van der Waals surface area contributed by atoms with Crippen molar-refractivity contribution in [3.05, 3.63) is 242 Å². The van der Waals surface area contributed by atoms with Crippen LogP contribution in [0.25, 0.3) is 50.0 Å². The highest BCUT2D eigenvalue weighted by Gasteiger charge is 2.41. The number of hydrogen-bond donors (Lipinski definition) is 0. The van der Waals surface area contributed by atoms with Crippen molar-refractivity contribution in [2.45, 2.75) is 0 Å². The molecule has 0 N–H and O–H groups in total. The lowest BCUT2D eigenvalue weighted by atomic mass is 10.0. The molecule has 0 saturated heterocycles. The van der Waals surface area contributed by atoms with Crippen LogP contribution in [0, 0.1) is 5.82 Å². The van der Waals surface area contributed by atoms with E-state index in [0.29, 0.717) is 0 Å². The van der Waals surface area contributed by atoms with E-state index in [4.69, 9.17) is 4.42 Å². The Bertz CT molecular complexity index is 3180. The fraction of sp³-hybridized carbons (Fsp3) is 0. The standard InChI is InChI=1S/C56H39FN2OSi/c57-43-28-32-45(33-29-43)58(46-34-36-50(37-35-46)61(47-17-7-2-8-18-47,48-19-9-3-10-20-48)49-21-11-4-12-22-49)44-30-25-40(26-31-44)42-27-38-53-54(39-42)60-56-55(41-15-5-1-6-16-41)51-23-13-14-24-52(51)59(53)56/h1-39H. The molecule has 2 aromatic heterocycles. The number of halogens is 1. The predicted octanol–water partition coefficient (Wildman–Crippen LogP) is 12.2. The van der Waals surface area contributed by atoms with Crippen LogP contribution in [0.4, 0.5) is 21.5 Å². The van der Waals surface area contributed by atoms with Crippen LogP contribution in [0.15, 0.2) is 241 Å². The third kappa shape index (κ3) is 6.17. The molecule has 0 bridgehead atoms. The molecule has 11 rings (SSSR count). The zero-order valence-electron chi connectivity index (χ0n) is 33.2. The Hall–Kier alpha value is -7.73. The van der Waals surface area contributed by atoms with Gasteiger partial charge >= 0.3 is 0 Å². The summed E-state index contributed by atoms with van der Waals surface area (Å²) in [5, 5.41) is 6.41. The predicted molar refractivity (Wildman–Crippen MR) is 254 cm³/mol. The van der Waals surface area contributed by atoms with Crippen molar-refractivity contribution >= 4 is 73.6 Å². The SMILES string of the molecule is Fc1ccc(N(c2ccc(-c3ccc4c(c3)oc3c(-c5ccccc5)c5ccccc5n34)cc2)c2ccc([Si](c3ccccc3)(c3ccccc3)c3ccccc3)cc2)cc1. The zero-order chi connectivity index (χ0) is 40.8. The Kier molecular flexibility index (Phi) is 9.02. The summed E-state index contributed by atoms with van der Waals surface area (Å²) < 4.78 is 23.3. The lowest BCUT2D eigenvalue weighted by Gasteiger charge is -2.35. The van der Waals surface area contributed by atoms with Gasteiger partial charge in [-0.1, -0.05) is 170 Å². The lowest BCUT2D eigenvalue weighted by molar-refractivity contribution is 0.628. The minimum Gasteiger partial charge on any atom is -0.438 e. The summed E-state index contributed by atoms with van der Waals surface area (Å²) in [6, 6.07) is 82.6. The second-order valence-corrected chi connectivity index (χ2v) is 19.2. The van der Waals surface area contributed by atoms with E-state index >= 15 is 0 Å². The van der Waals surface area contributed by atoms with Crippen molar-refractivity contribution in [1.29, 1.82) is 0 Å². The third-order valence-corrected chi connectivity index (χ3v) is 16.8. The number of anilines is 3. The summed E-state index contributed by atoms with van der Waals surface area (Å²) in [4.78, 5) is 2.19. The molecule has 0 unspecified atom stereocenters. The molecule has 0 saturated carbocycles. The lowest BCUT2D eigenvalue weighted by Crippen LogP contribution is -2.74. The molecule has 2 heterocycles. The molecule has 0 radical (unpaired) electrons. The smallest absolute Gasteiger partial charge is 0.213 e. The fourth-order valence-electron chi connectivity index (χ4n) is 9.27. The molecular weight excluding hydrogens is 764 g/mol. The van der Waals surface area contributed by atoms with Crippen molar-refractivity contribution in [1.82, 2.24) is 4.40 Å². The average molecular weight is 803 g/mol. The fourth-order valence-corrected chi connectivity index (χ4v) is 14.0. The molecule has 5 heteroatoms. The summed E-state index contributed by atoms with van der Waals surface area (Å²) in [5.41, 5.74) is 11.0. The Labute approximate surface area is 354 Å². The Morgan fingerprint density at radius 2 is 0.852 bits per heavy atom. The van der Waals surface area contributed by atoms with E-state index in [9.17, 15) is 4.39 Å². The maximum atomic E-state index is 14.4. The van der Waals surface area contributed by atoms with Gasteiger partial charge in [-0.25, -0.2) is 4.39 Å². The number of fused-ring (bicyclic) bond motifs is 5. The first-order chi connectivity index (χ1) is 30.2. The summed E-state index contributed by atoms with van der Waals surface area (Å²) >= 11 is 0. The van der Waals surface area contributed by atoms with Gasteiger partial charge in [0.2, 0.25) is 5.71 Å². The first-order valence-electron chi connectivity index (χ1n) is 20.6. The molecule has 3 nitrogen and oxygen atoms in total. The van der Waals surface area contributed by atoms with E-state index in [1.54, 1.807) is 0 Å². The topological polar surface area (TPSA) is 20.8 Å². The van der Waals surface area contributed by atoms with Crippen LogP contribution in [-0.4, -0.2) is 12.5 Å². The van der Waals surface area contributed by atoms with Crippen molar-refractivity contribution < 1.29 is 8.81 Å². The van der Waals surface area contributed by atoms with Crippen molar-refractivity contribution in [3.8, 4) is 22.3 Å². The van der Waals surface area contributed by atoms with Crippen molar-refractivity contribution in [3.63, 3.8) is 0 Å². The molecule has 61 heavy (non-hydrogen) atoms. The van der Waals surface area contributed by atoms with Crippen LogP contribution in [0.2, 0.25) is 0 Å². The van der Waals surface area contributed by atoms with Gasteiger partial charge in [-0.3, -0.25) is 4.40 Å². The van der Waals surface area contributed by atoms with Crippen LogP contribution < -0.4 is 25.6 Å². The molecule has 0 atom stereocenters. The molecule has 0 spiro atoms. The van der Waals surface area contributed by atoms with Gasteiger partial charge in [0.15, 0.2) is 13.7 Å². The molecular formula is C56H39FN2OSi. The van der Waals surface area contributed by atoms with E-state index in [2.05, 4.69) is 216 Å². The Balaban J connectivity index is 0.994. The summed E-state index contributed by atoms with van der Waals surface area (Å²) in [6.07, 6.45) is 0. The molecule has 9 aromatic carbocycles. The molecule has 290 valence electrons. The van der Waals surface area contributed by atoms with Crippen molar-refractivity contribution in [2.75, 3.05) is 4.90 Å². The molecule has 11 aromatic rings. The van der Waals surface area contributed by atoms with Crippen LogP contribution in [0.1, 0.15) is 0 Å². The van der Waals surface area contributed by atoms with Crippen molar-refractivity contribution in [2.24, 2.45) is 0 Å². The quantitative estimate of drug-likeness (QED) is 0.107. The number of para-hydroxylation sites is 1. The van der Waals surface area contributed by atoms with Gasteiger partial charge in [0.1, 0.15) is 5.82 Å². The second-order valence-electron chi connectivity index (χ2n) is 15.4. The zero-order valence-corrected chi connectivity index (χ0v) is 34.2. The van der Waals surface area contributed by atoms with Gasteiger partial charge in [0.25, 0.3) is 0 Å². The van der Waals surface area contributed by atoms with Gasteiger partial charge in [0, 0.05) is 22.4 Å². The highest BCUT2D eigenvalue weighted by molar-refractivity contribution is 7.19. The Morgan fingerprint density at radius 3 is 1.43 bits per heavy atom. The highest BCUT2D eigenvalue weighted by atomic mass is 28.3. The monoisotopic (exact) mass is 802 g/mol. The number of rotatable bonds is 9. The van der Waals surface area contributed by atoms with E-state index in [-0.39, 0.29) is 5.82 Å². The maximum absolute atomic E-state index is 14.4.